The van der Waals surface area contributed by atoms with E-state index in [1.165, 1.54) is 7.11 Å². The largest absolute Gasteiger partial charge is 0.453 e. The van der Waals surface area contributed by atoms with Gasteiger partial charge in [-0.05, 0) is 46.6 Å². The Morgan fingerprint density at radius 2 is 2.24 bits per heavy atom. The van der Waals surface area contributed by atoms with Gasteiger partial charge in [0.25, 0.3) is 0 Å². The molecule has 1 aromatic carbocycles. The minimum absolute atomic E-state index is 0.120. The Hall–Kier alpha value is -2.10. The molecule has 8 heteroatoms. The molecule has 1 aromatic heterocycles. The van der Waals surface area contributed by atoms with Gasteiger partial charge in [0.15, 0.2) is 0 Å². The summed E-state index contributed by atoms with van der Waals surface area (Å²) in [6, 6.07) is 5.34. The van der Waals surface area contributed by atoms with E-state index < -0.39 is 12.1 Å². The van der Waals surface area contributed by atoms with Gasteiger partial charge in [0, 0.05) is 6.42 Å². The van der Waals surface area contributed by atoms with Crippen molar-refractivity contribution in [1.29, 1.82) is 0 Å². The summed E-state index contributed by atoms with van der Waals surface area (Å²) in [6.07, 6.45) is 3.15. The molecular formula is C17H17IN4O3. The number of anilines is 1. The predicted octanol–water partition coefficient (Wildman–Crippen LogP) is 2.32. The summed E-state index contributed by atoms with van der Waals surface area (Å²) < 4.78 is 5.60. The fourth-order valence-electron chi connectivity index (χ4n) is 3.67. The van der Waals surface area contributed by atoms with Gasteiger partial charge >= 0.3 is 6.09 Å². The molecule has 7 nitrogen and oxygen atoms in total. The number of aryl methyl sites for hydroxylation is 1. The number of halogens is 1. The van der Waals surface area contributed by atoms with E-state index in [0.717, 1.165) is 32.8 Å². The Kier molecular flexibility index (Phi) is 4.14. The van der Waals surface area contributed by atoms with Crippen molar-refractivity contribution in [1.82, 2.24) is 15.3 Å². The second-order valence-corrected chi connectivity index (χ2v) is 7.36. The lowest BCUT2D eigenvalue weighted by Crippen LogP contribution is -2.48. The fraction of sp³-hybridized carbons (Fsp3) is 0.353. The maximum absolute atomic E-state index is 13.2. The third-order valence-electron chi connectivity index (χ3n) is 4.76. The van der Waals surface area contributed by atoms with Crippen LogP contribution in [0.1, 0.15) is 29.4 Å². The van der Waals surface area contributed by atoms with Crippen molar-refractivity contribution in [2.24, 2.45) is 0 Å². The molecular weight excluding hydrogens is 435 g/mol. The average Bonchev–Trinajstić information content (AvgIpc) is 3.17. The molecule has 0 radical (unpaired) electrons. The fourth-order valence-corrected chi connectivity index (χ4v) is 4.08. The zero-order valence-corrected chi connectivity index (χ0v) is 15.7. The first-order valence-corrected chi connectivity index (χ1v) is 9.15. The van der Waals surface area contributed by atoms with Gasteiger partial charge in [0.1, 0.15) is 11.9 Å². The summed E-state index contributed by atoms with van der Waals surface area (Å²) in [5.74, 6) is 0.643. The van der Waals surface area contributed by atoms with E-state index in [-0.39, 0.29) is 11.9 Å². The predicted molar refractivity (Wildman–Crippen MR) is 99.3 cm³/mol. The standard InChI is InChI=1S/C17H17IN4O3/c1-25-17(24)20-11-6-5-9-3-2-4-10-7-12(15-19-8-13(18)21-15)22(14(9)10)16(11)23/h2-4,8,11-12H,5-7H2,1H3,(H,19,21)(H,20,24)/t11-,12-/m0/s1. The molecule has 0 spiro atoms. The molecule has 0 saturated heterocycles. The second-order valence-electron chi connectivity index (χ2n) is 6.20. The molecule has 0 aliphatic carbocycles. The lowest BCUT2D eigenvalue weighted by molar-refractivity contribution is -0.121. The number of rotatable bonds is 2. The van der Waals surface area contributed by atoms with Crippen molar-refractivity contribution in [3.63, 3.8) is 0 Å². The van der Waals surface area contributed by atoms with Gasteiger partial charge in [-0.25, -0.2) is 9.78 Å². The molecule has 0 fully saturated rings. The minimum atomic E-state index is -0.609. The van der Waals surface area contributed by atoms with E-state index in [1.54, 1.807) is 11.1 Å². The smallest absolute Gasteiger partial charge is 0.407 e. The number of ether oxygens (including phenoxy) is 1. The first-order valence-electron chi connectivity index (χ1n) is 8.07. The molecule has 2 aromatic rings. The first-order chi connectivity index (χ1) is 12.1. The van der Waals surface area contributed by atoms with Crippen molar-refractivity contribution in [3.05, 3.63) is 45.0 Å². The van der Waals surface area contributed by atoms with Crippen LogP contribution < -0.4 is 10.2 Å². The SMILES string of the molecule is COC(=O)N[C@H]1CCc2cccc3c2N(C1=O)[C@H](c1ncc(I)[nH]1)C3. The zero-order chi connectivity index (χ0) is 17.6. The van der Waals surface area contributed by atoms with Crippen molar-refractivity contribution < 1.29 is 14.3 Å². The van der Waals surface area contributed by atoms with Crippen LogP contribution in [0.4, 0.5) is 10.5 Å². The molecule has 0 saturated carbocycles. The van der Waals surface area contributed by atoms with Crippen LogP contribution >= 0.6 is 22.6 Å². The molecule has 2 aliphatic rings. The molecule has 0 bridgehead atoms. The van der Waals surface area contributed by atoms with E-state index in [9.17, 15) is 9.59 Å². The lowest BCUT2D eigenvalue weighted by Gasteiger charge is -2.27. The van der Waals surface area contributed by atoms with Crippen molar-refractivity contribution in [3.8, 4) is 0 Å². The number of hydrogen-bond donors (Lipinski definition) is 2. The van der Waals surface area contributed by atoms with Crippen molar-refractivity contribution in [2.45, 2.75) is 31.3 Å². The summed E-state index contributed by atoms with van der Waals surface area (Å²) in [6.45, 7) is 0. The number of imidazole rings is 1. The Bertz CT molecular complexity index is 850. The normalized spacial score (nSPS) is 21.7. The molecule has 2 aliphatic heterocycles. The van der Waals surface area contributed by atoms with Gasteiger partial charge in [-0.3, -0.25) is 9.69 Å². The van der Waals surface area contributed by atoms with Crippen LogP contribution in [0, 0.1) is 3.70 Å². The number of carbonyl (C=O) groups is 2. The van der Waals surface area contributed by atoms with Crippen LogP contribution in [0.15, 0.2) is 24.4 Å². The van der Waals surface area contributed by atoms with Gasteiger partial charge in [-0.2, -0.15) is 0 Å². The summed E-state index contributed by atoms with van der Waals surface area (Å²) >= 11 is 2.17. The van der Waals surface area contributed by atoms with E-state index in [2.05, 4.69) is 48.7 Å². The maximum atomic E-state index is 13.2. The van der Waals surface area contributed by atoms with Crippen LogP contribution in [-0.4, -0.2) is 35.1 Å². The molecule has 2 N–H and O–H groups in total. The number of alkyl carbamates (subject to hydrolysis) is 1. The van der Waals surface area contributed by atoms with Crippen molar-refractivity contribution >= 4 is 40.3 Å². The average molecular weight is 452 g/mol. The van der Waals surface area contributed by atoms with Crippen LogP contribution in [0.2, 0.25) is 0 Å². The van der Waals surface area contributed by atoms with Crippen LogP contribution in [0.3, 0.4) is 0 Å². The number of nitrogens with one attached hydrogen (secondary N) is 2. The number of hydrogen-bond acceptors (Lipinski definition) is 4. The van der Waals surface area contributed by atoms with Crippen LogP contribution in [0.5, 0.6) is 0 Å². The molecule has 2 atom stereocenters. The number of H-pyrrole nitrogens is 1. The molecule has 25 heavy (non-hydrogen) atoms. The second kappa shape index (κ2) is 6.32. The third kappa shape index (κ3) is 2.78. The minimum Gasteiger partial charge on any atom is -0.453 e. The van der Waals surface area contributed by atoms with E-state index in [4.69, 9.17) is 0 Å². The number of amides is 2. The molecule has 4 rings (SSSR count). The number of aromatic amines is 1. The lowest BCUT2D eigenvalue weighted by atomic mass is 10.0. The number of benzene rings is 1. The summed E-state index contributed by atoms with van der Waals surface area (Å²) in [7, 11) is 1.30. The maximum Gasteiger partial charge on any atom is 0.407 e. The Morgan fingerprint density at radius 3 is 2.96 bits per heavy atom. The Balaban J connectivity index is 1.76. The number of methoxy groups -OCH3 is 1. The van der Waals surface area contributed by atoms with Gasteiger partial charge in [0.05, 0.1) is 28.7 Å². The summed E-state index contributed by atoms with van der Waals surface area (Å²) in [4.78, 5) is 34.3. The van der Waals surface area contributed by atoms with Gasteiger partial charge in [-0.15, -0.1) is 0 Å². The van der Waals surface area contributed by atoms with E-state index in [0.29, 0.717) is 12.8 Å². The first kappa shape index (κ1) is 16.4. The molecule has 0 unspecified atom stereocenters. The quantitative estimate of drug-likeness (QED) is 0.685. The number of para-hydroxylation sites is 1. The number of carbonyl (C=O) groups excluding carboxylic acids is 2. The highest BCUT2D eigenvalue weighted by Gasteiger charge is 2.42. The topological polar surface area (TPSA) is 87.3 Å². The van der Waals surface area contributed by atoms with E-state index >= 15 is 0 Å². The van der Waals surface area contributed by atoms with Gasteiger partial charge < -0.3 is 15.0 Å². The van der Waals surface area contributed by atoms with Crippen molar-refractivity contribution in [2.75, 3.05) is 12.0 Å². The highest BCUT2D eigenvalue weighted by molar-refractivity contribution is 14.1. The number of aromatic nitrogens is 2. The highest BCUT2D eigenvalue weighted by Crippen LogP contribution is 2.44. The monoisotopic (exact) mass is 452 g/mol. The zero-order valence-electron chi connectivity index (χ0n) is 13.6. The van der Waals surface area contributed by atoms with Crippen LogP contribution in [0.25, 0.3) is 0 Å². The summed E-state index contributed by atoms with van der Waals surface area (Å²) in [5, 5.41) is 2.67. The molecule has 2 amide bonds. The molecule has 130 valence electrons. The highest BCUT2D eigenvalue weighted by atomic mass is 127. The van der Waals surface area contributed by atoms with Gasteiger partial charge in [0.2, 0.25) is 5.91 Å². The van der Waals surface area contributed by atoms with Crippen LogP contribution in [-0.2, 0) is 22.4 Å². The third-order valence-corrected chi connectivity index (χ3v) is 5.31. The Labute approximate surface area is 158 Å². The number of nitrogens with zero attached hydrogens (tertiary/aromatic N) is 2. The summed E-state index contributed by atoms with van der Waals surface area (Å²) in [5.41, 5.74) is 3.24. The van der Waals surface area contributed by atoms with Gasteiger partial charge in [-0.1, -0.05) is 18.2 Å². The molecule has 3 heterocycles. The van der Waals surface area contributed by atoms with E-state index in [1.807, 2.05) is 12.1 Å². The Morgan fingerprint density at radius 1 is 1.44 bits per heavy atom.